The highest BCUT2D eigenvalue weighted by Gasteiger charge is 2.35. The van der Waals surface area contributed by atoms with E-state index in [0.29, 0.717) is 17.1 Å². The summed E-state index contributed by atoms with van der Waals surface area (Å²) in [4.78, 5) is 26.3. The summed E-state index contributed by atoms with van der Waals surface area (Å²) in [6.07, 6.45) is 6.83. The second kappa shape index (κ2) is 9.33. The van der Waals surface area contributed by atoms with Crippen LogP contribution in [0.15, 0.2) is 41.3 Å². The van der Waals surface area contributed by atoms with Gasteiger partial charge < -0.3 is 9.47 Å². The minimum atomic E-state index is -0.468. The molecule has 148 valence electrons. The Balaban J connectivity index is 1.87. The SMILES string of the molecule is C#CCOc1c(I)cc(/C=C2/SC(=O)N(Cc3ccccc3F)C2=O)cc1OC. The van der Waals surface area contributed by atoms with Gasteiger partial charge in [-0.1, -0.05) is 24.1 Å². The molecule has 0 saturated carbocycles. The standard InChI is InChI=1S/C21H15FINO4S/c1-3-8-28-19-16(23)9-13(10-17(19)27-2)11-18-20(25)24(21(26)29-18)12-14-6-4-5-7-15(14)22/h1,4-7,9-11H,8,12H2,2H3/b18-11+. The molecule has 2 amide bonds. The van der Waals surface area contributed by atoms with Gasteiger partial charge in [0.05, 0.1) is 22.1 Å². The number of benzene rings is 2. The van der Waals surface area contributed by atoms with Gasteiger partial charge in [0.25, 0.3) is 11.1 Å². The Kier molecular flexibility index (Phi) is 6.82. The molecule has 2 aromatic carbocycles. The lowest BCUT2D eigenvalue weighted by atomic mass is 10.1. The van der Waals surface area contributed by atoms with E-state index in [1.807, 2.05) is 0 Å². The fourth-order valence-corrected chi connectivity index (χ4v) is 4.28. The summed E-state index contributed by atoms with van der Waals surface area (Å²) in [5, 5.41) is -0.444. The zero-order valence-corrected chi connectivity index (χ0v) is 18.3. The van der Waals surface area contributed by atoms with Gasteiger partial charge in [-0.15, -0.1) is 6.42 Å². The minimum absolute atomic E-state index is 0.0979. The van der Waals surface area contributed by atoms with Crippen molar-refractivity contribution in [2.24, 2.45) is 0 Å². The quantitative estimate of drug-likeness (QED) is 0.313. The van der Waals surface area contributed by atoms with Crippen molar-refractivity contribution < 1.29 is 23.5 Å². The predicted octanol–water partition coefficient (Wildman–Crippen LogP) is 4.69. The van der Waals surface area contributed by atoms with Crippen molar-refractivity contribution in [2.45, 2.75) is 6.54 Å². The molecule has 0 spiro atoms. The molecule has 0 aliphatic carbocycles. The van der Waals surface area contributed by atoms with E-state index >= 15 is 0 Å². The van der Waals surface area contributed by atoms with Crippen LogP contribution < -0.4 is 9.47 Å². The molecular weight excluding hydrogens is 508 g/mol. The molecule has 0 N–H and O–H groups in total. The molecule has 1 aliphatic heterocycles. The van der Waals surface area contributed by atoms with Crippen LogP contribution in [0.25, 0.3) is 6.08 Å². The van der Waals surface area contributed by atoms with Gasteiger partial charge in [-0.25, -0.2) is 4.39 Å². The first-order valence-electron chi connectivity index (χ1n) is 8.37. The van der Waals surface area contributed by atoms with Crippen molar-refractivity contribution in [1.29, 1.82) is 0 Å². The topological polar surface area (TPSA) is 55.8 Å². The lowest BCUT2D eigenvalue weighted by Gasteiger charge is -2.13. The molecule has 5 nitrogen and oxygen atoms in total. The molecule has 1 heterocycles. The van der Waals surface area contributed by atoms with E-state index in [9.17, 15) is 14.0 Å². The Morgan fingerprint density at radius 2 is 2.07 bits per heavy atom. The maximum Gasteiger partial charge on any atom is 0.293 e. The maximum atomic E-state index is 13.9. The van der Waals surface area contributed by atoms with Crippen molar-refractivity contribution in [3.05, 3.63) is 61.8 Å². The number of thioether (sulfide) groups is 1. The van der Waals surface area contributed by atoms with Gasteiger partial charge in [-0.05, 0) is 64.2 Å². The van der Waals surface area contributed by atoms with E-state index in [1.54, 1.807) is 36.4 Å². The molecule has 1 saturated heterocycles. The van der Waals surface area contributed by atoms with Gasteiger partial charge in [0.1, 0.15) is 12.4 Å². The zero-order chi connectivity index (χ0) is 21.0. The molecule has 1 aliphatic rings. The van der Waals surface area contributed by atoms with Crippen molar-refractivity contribution in [3.63, 3.8) is 0 Å². The highest BCUT2D eigenvalue weighted by atomic mass is 127. The second-order valence-corrected chi connectivity index (χ2v) is 8.04. The molecule has 3 rings (SSSR count). The summed E-state index contributed by atoms with van der Waals surface area (Å²) in [6, 6.07) is 9.54. The van der Waals surface area contributed by atoms with Crippen molar-refractivity contribution in [2.75, 3.05) is 13.7 Å². The van der Waals surface area contributed by atoms with E-state index in [0.717, 1.165) is 20.2 Å². The first-order chi connectivity index (χ1) is 13.9. The third-order valence-corrected chi connectivity index (χ3v) is 5.72. The predicted molar refractivity (Wildman–Crippen MR) is 118 cm³/mol. The highest BCUT2D eigenvalue weighted by Crippen LogP contribution is 2.37. The monoisotopic (exact) mass is 523 g/mol. The molecule has 0 atom stereocenters. The largest absolute Gasteiger partial charge is 0.493 e. The number of halogens is 2. The summed E-state index contributed by atoms with van der Waals surface area (Å²) in [7, 11) is 1.50. The number of methoxy groups -OCH3 is 1. The first-order valence-corrected chi connectivity index (χ1v) is 10.3. The average molecular weight is 523 g/mol. The molecule has 0 bridgehead atoms. The van der Waals surface area contributed by atoms with Gasteiger partial charge >= 0.3 is 0 Å². The summed E-state index contributed by atoms with van der Waals surface area (Å²) < 4.78 is 25.5. The van der Waals surface area contributed by atoms with Crippen LogP contribution in [0.3, 0.4) is 0 Å². The number of hydrogen-bond donors (Lipinski definition) is 0. The fourth-order valence-electron chi connectivity index (χ4n) is 2.66. The van der Waals surface area contributed by atoms with Crippen LogP contribution in [-0.2, 0) is 11.3 Å². The molecule has 29 heavy (non-hydrogen) atoms. The van der Waals surface area contributed by atoms with Gasteiger partial charge in [-0.2, -0.15) is 0 Å². The molecule has 1 fully saturated rings. The second-order valence-electron chi connectivity index (χ2n) is 5.89. The zero-order valence-electron chi connectivity index (χ0n) is 15.3. The average Bonchev–Trinajstić information content (AvgIpc) is 2.95. The van der Waals surface area contributed by atoms with Crippen LogP contribution in [0.4, 0.5) is 9.18 Å². The summed E-state index contributed by atoms with van der Waals surface area (Å²) >= 11 is 2.89. The summed E-state index contributed by atoms with van der Waals surface area (Å²) in [5.41, 5.74) is 0.943. The van der Waals surface area contributed by atoms with Gasteiger partial charge in [0, 0.05) is 5.56 Å². The summed E-state index contributed by atoms with van der Waals surface area (Å²) in [6.45, 7) is -0.0188. The Morgan fingerprint density at radius 3 is 2.76 bits per heavy atom. The number of nitrogens with zero attached hydrogens (tertiary/aromatic N) is 1. The number of carbonyl (C=O) groups excluding carboxylic acids is 2. The molecule has 0 aromatic heterocycles. The lowest BCUT2D eigenvalue weighted by molar-refractivity contribution is -0.123. The van der Waals surface area contributed by atoms with E-state index in [2.05, 4.69) is 28.5 Å². The minimum Gasteiger partial charge on any atom is -0.493 e. The lowest BCUT2D eigenvalue weighted by Crippen LogP contribution is -2.27. The number of hydrogen-bond acceptors (Lipinski definition) is 5. The number of amides is 2. The fraction of sp³-hybridized carbons (Fsp3) is 0.143. The van der Waals surface area contributed by atoms with Crippen LogP contribution in [0.2, 0.25) is 0 Å². The van der Waals surface area contributed by atoms with Gasteiger partial charge in [0.2, 0.25) is 0 Å². The van der Waals surface area contributed by atoms with E-state index in [1.165, 1.54) is 13.2 Å². The Hall–Kier alpha value is -2.51. The van der Waals surface area contributed by atoms with Gasteiger partial charge in [-0.3, -0.25) is 14.5 Å². The molecule has 8 heteroatoms. The Labute approximate surface area is 185 Å². The third kappa shape index (κ3) is 4.74. The number of terminal acetylenes is 1. The molecule has 2 aromatic rings. The number of imide groups is 1. The van der Waals surface area contributed by atoms with Crippen LogP contribution >= 0.6 is 34.4 Å². The maximum absolute atomic E-state index is 13.9. The van der Waals surface area contributed by atoms with Crippen LogP contribution in [-0.4, -0.2) is 29.8 Å². The normalized spacial score (nSPS) is 15.0. The molecule has 0 radical (unpaired) electrons. The third-order valence-electron chi connectivity index (χ3n) is 4.01. The van der Waals surface area contributed by atoms with E-state index in [-0.39, 0.29) is 23.6 Å². The summed E-state index contributed by atoms with van der Waals surface area (Å²) in [5.74, 6) is 2.44. The Bertz CT molecular complexity index is 1050. The van der Waals surface area contributed by atoms with Crippen molar-refractivity contribution in [3.8, 4) is 23.8 Å². The number of ether oxygens (including phenoxy) is 2. The van der Waals surface area contributed by atoms with Crippen molar-refractivity contribution in [1.82, 2.24) is 4.90 Å². The van der Waals surface area contributed by atoms with Gasteiger partial charge in [0.15, 0.2) is 11.5 Å². The molecular formula is C21H15FINO4S. The van der Waals surface area contributed by atoms with E-state index < -0.39 is 17.0 Å². The number of carbonyl (C=O) groups is 2. The van der Waals surface area contributed by atoms with Crippen LogP contribution in [0, 0.1) is 21.7 Å². The number of rotatable bonds is 6. The Morgan fingerprint density at radius 1 is 1.31 bits per heavy atom. The van der Waals surface area contributed by atoms with Crippen molar-refractivity contribution >= 4 is 51.6 Å². The van der Waals surface area contributed by atoms with E-state index in [4.69, 9.17) is 15.9 Å². The smallest absolute Gasteiger partial charge is 0.293 e. The first kappa shape index (κ1) is 21.2. The molecule has 0 unspecified atom stereocenters. The van der Waals surface area contributed by atoms with Crippen LogP contribution in [0.1, 0.15) is 11.1 Å². The highest BCUT2D eigenvalue weighted by molar-refractivity contribution is 14.1. The van der Waals surface area contributed by atoms with Crippen LogP contribution in [0.5, 0.6) is 11.5 Å².